The van der Waals surface area contributed by atoms with Gasteiger partial charge in [-0.2, -0.15) is 0 Å². The molecule has 15 heavy (non-hydrogen) atoms. The maximum Gasteiger partial charge on any atom is 0.140 e. The summed E-state index contributed by atoms with van der Waals surface area (Å²) in [5.74, 6) is 0.847. The van der Waals surface area contributed by atoms with Crippen LogP contribution in [0.1, 0.15) is 18.4 Å². The molecule has 1 aromatic heterocycles. The van der Waals surface area contributed by atoms with Crippen molar-refractivity contribution in [1.82, 2.24) is 4.98 Å². The second-order valence-electron chi connectivity index (χ2n) is 3.79. The highest BCUT2D eigenvalue weighted by atomic mass is 35.5. The number of nitrogens with two attached hydrogens (primary N) is 1. The third-order valence-corrected chi connectivity index (χ3v) is 2.40. The lowest BCUT2D eigenvalue weighted by molar-refractivity contribution is 0.277. The quantitative estimate of drug-likeness (QED) is 0.894. The number of nitrogens with zero attached hydrogens (tertiary/aromatic N) is 1. The van der Waals surface area contributed by atoms with Crippen LogP contribution in [0.25, 0.3) is 0 Å². The molecule has 0 atom stereocenters. The highest BCUT2D eigenvalue weighted by molar-refractivity contribution is 5.85. The van der Waals surface area contributed by atoms with Crippen molar-refractivity contribution in [1.29, 1.82) is 0 Å². The summed E-state index contributed by atoms with van der Waals surface area (Å²) >= 11 is 0. The number of aryl methyl sites for hydroxylation is 1. The molecule has 0 saturated heterocycles. The van der Waals surface area contributed by atoms with E-state index in [2.05, 4.69) is 4.98 Å². The lowest BCUT2D eigenvalue weighted by atomic mass is 10.3. The molecule has 0 amide bonds. The monoisotopic (exact) mass is 250 g/mol. The van der Waals surface area contributed by atoms with Gasteiger partial charge < -0.3 is 10.5 Å². The first-order valence-electron chi connectivity index (χ1n) is 4.52. The van der Waals surface area contributed by atoms with E-state index < -0.39 is 0 Å². The van der Waals surface area contributed by atoms with Gasteiger partial charge in [-0.25, -0.2) is 0 Å². The molecule has 3 nitrogen and oxygen atoms in total. The fraction of sp³-hybridized carbons (Fsp3) is 0.500. The van der Waals surface area contributed by atoms with Crippen molar-refractivity contribution in [2.45, 2.75) is 25.3 Å². The van der Waals surface area contributed by atoms with Crippen molar-refractivity contribution in [2.24, 2.45) is 5.73 Å². The maximum atomic E-state index is 5.90. The van der Waals surface area contributed by atoms with E-state index in [9.17, 15) is 0 Å². The molecule has 1 aromatic rings. The fourth-order valence-corrected chi connectivity index (χ4v) is 1.13. The lowest BCUT2D eigenvalue weighted by Crippen LogP contribution is -2.29. The third-order valence-electron chi connectivity index (χ3n) is 2.40. The summed E-state index contributed by atoms with van der Waals surface area (Å²) in [6.07, 6.45) is 5.65. The van der Waals surface area contributed by atoms with Gasteiger partial charge in [0.15, 0.2) is 0 Å². The number of ether oxygens (including phenoxy) is 1. The third kappa shape index (κ3) is 3.86. The molecule has 0 spiro atoms. The molecular formula is C10H16Cl2N2O. The van der Waals surface area contributed by atoms with Crippen molar-refractivity contribution in [3.63, 3.8) is 0 Å². The van der Waals surface area contributed by atoms with Crippen LogP contribution in [-0.2, 0) is 0 Å². The van der Waals surface area contributed by atoms with Crippen molar-refractivity contribution >= 4 is 24.8 Å². The van der Waals surface area contributed by atoms with E-state index in [1.165, 1.54) is 0 Å². The highest BCUT2D eigenvalue weighted by Gasteiger charge is 2.39. The SMILES string of the molecule is Cc1ccncc1OCC1(N)CC1.Cl.Cl. The van der Waals surface area contributed by atoms with Gasteiger partial charge in [-0.3, -0.25) is 4.98 Å². The van der Waals surface area contributed by atoms with Gasteiger partial charge in [0.05, 0.1) is 11.7 Å². The van der Waals surface area contributed by atoms with Gasteiger partial charge >= 0.3 is 0 Å². The van der Waals surface area contributed by atoms with E-state index in [0.29, 0.717) is 6.61 Å². The predicted molar refractivity (Wildman–Crippen MR) is 65.1 cm³/mol. The zero-order valence-corrected chi connectivity index (χ0v) is 10.2. The van der Waals surface area contributed by atoms with Gasteiger partial charge in [-0.15, -0.1) is 24.8 Å². The highest BCUT2D eigenvalue weighted by Crippen LogP contribution is 2.32. The van der Waals surface area contributed by atoms with E-state index in [1.54, 1.807) is 12.4 Å². The van der Waals surface area contributed by atoms with Gasteiger partial charge in [0.2, 0.25) is 0 Å². The van der Waals surface area contributed by atoms with E-state index in [1.807, 2.05) is 13.0 Å². The van der Waals surface area contributed by atoms with Crippen LogP contribution in [-0.4, -0.2) is 17.1 Å². The predicted octanol–water partition coefficient (Wildman–Crippen LogP) is 2.10. The number of halogens is 2. The Morgan fingerprint density at radius 1 is 1.47 bits per heavy atom. The van der Waals surface area contributed by atoms with E-state index in [0.717, 1.165) is 24.2 Å². The first-order chi connectivity index (χ1) is 6.20. The minimum atomic E-state index is -0.0533. The van der Waals surface area contributed by atoms with Crippen LogP contribution in [0.4, 0.5) is 0 Å². The Kier molecular flexibility index (Phi) is 5.35. The lowest BCUT2D eigenvalue weighted by Gasteiger charge is -2.11. The molecule has 2 N–H and O–H groups in total. The zero-order valence-electron chi connectivity index (χ0n) is 8.60. The number of pyridine rings is 1. The van der Waals surface area contributed by atoms with Gasteiger partial charge in [0.25, 0.3) is 0 Å². The fourth-order valence-electron chi connectivity index (χ4n) is 1.13. The summed E-state index contributed by atoms with van der Waals surface area (Å²) in [6, 6.07) is 1.94. The Balaban J connectivity index is 0.000000980. The summed E-state index contributed by atoms with van der Waals surface area (Å²) in [4.78, 5) is 4.00. The van der Waals surface area contributed by atoms with Crippen LogP contribution in [0.15, 0.2) is 18.5 Å². The summed E-state index contributed by atoms with van der Waals surface area (Å²) in [7, 11) is 0. The summed E-state index contributed by atoms with van der Waals surface area (Å²) < 4.78 is 5.58. The van der Waals surface area contributed by atoms with Crippen LogP contribution in [0.5, 0.6) is 5.75 Å². The van der Waals surface area contributed by atoms with Gasteiger partial charge in [-0.05, 0) is 31.4 Å². The Labute approximate surface area is 102 Å². The molecular weight excluding hydrogens is 235 g/mol. The minimum Gasteiger partial charge on any atom is -0.490 e. The van der Waals surface area contributed by atoms with Crippen molar-refractivity contribution in [3.05, 3.63) is 24.0 Å². The zero-order chi connectivity index (χ0) is 9.31. The molecule has 0 aromatic carbocycles. The van der Waals surface area contributed by atoms with Crippen LogP contribution >= 0.6 is 24.8 Å². The Hall–Kier alpha value is -0.510. The molecule has 0 bridgehead atoms. The van der Waals surface area contributed by atoms with Crippen molar-refractivity contribution in [3.8, 4) is 5.75 Å². The molecule has 1 aliphatic rings. The van der Waals surface area contributed by atoms with Gasteiger partial charge in [-0.1, -0.05) is 0 Å². The molecule has 2 rings (SSSR count). The van der Waals surface area contributed by atoms with Crippen LogP contribution in [0.3, 0.4) is 0 Å². The second kappa shape index (κ2) is 5.54. The van der Waals surface area contributed by atoms with E-state index in [4.69, 9.17) is 10.5 Å². The molecule has 1 aliphatic carbocycles. The van der Waals surface area contributed by atoms with Gasteiger partial charge in [0, 0.05) is 6.20 Å². The van der Waals surface area contributed by atoms with Crippen LogP contribution in [0, 0.1) is 6.92 Å². The second-order valence-corrected chi connectivity index (χ2v) is 3.79. The first-order valence-corrected chi connectivity index (χ1v) is 4.52. The van der Waals surface area contributed by atoms with Crippen LogP contribution < -0.4 is 10.5 Å². The number of hydrogen-bond donors (Lipinski definition) is 1. The topological polar surface area (TPSA) is 48.1 Å². The standard InChI is InChI=1S/C10H14N2O.2ClH/c1-8-2-5-12-6-9(8)13-7-10(11)3-4-10;;/h2,5-6H,3-4,7,11H2,1H3;2*1H. The minimum absolute atomic E-state index is 0. The van der Waals surface area contributed by atoms with E-state index in [-0.39, 0.29) is 30.4 Å². The van der Waals surface area contributed by atoms with Crippen LogP contribution in [0.2, 0.25) is 0 Å². The normalized spacial score (nSPS) is 15.9. The summed E-state index contributed by atoms with van der Waals surface area (Å²) in [6.45, 7) is 2.62. The van der Waals surface area contributed by atoms with Gasteiger partial charge in [0.1, 0.15) is 12.4 Å². The largest absolute Gasteiger partial charge is 0.490 e. The smallest absolute Gasteiger partial charge is 0.140 e. The molecule has 1 heterocycles. The molecule has 5 heteroatoms. The van der Waals surface area contributed by atoms with Crippen molar-refractivity contribution < 1.29 is 4.74 Å². The Bertz CT molecular complexity index is 316. The first kappa shape index (κ1) is 14.5. The van der Waals surface area contributed by atoms with E-state index >= 15 is 0 Å². The average molecular weight is 251 g/mol. The number of hydrogen-bond acceptors (Lipinski definition) is 3. The molecule has 0 unspecified atom stereocenters. The molecule has 86 valence electrons. The molecule has 0 aliphatic heterocycles. The molecule has 1 saturated carbocycles. The summed E-state index contributed by atoms with van der Waals surface area (Å²) in [5, 5.41) is 0. The number of aromatic nitrogens is 1. The Morgan fingerprint density at radius 3 is 2.67 bits per heavy atom. The average Bonchev–Trinajstić information content (AvgIpc) is 2.83. The van der Waals surface area contributed by atoms with Crippen molar-refractivity contribution in [2.75, 3.05) is 6.61 Å². The number of rotatable bonds is 3. The molecule has 0 radical (unpaired) electrons. The summed E-state index contributed by atoms with van der Waals surface area (Å²) in [5.41, 5.74) is 6.96. The maximum absolute atomic E-state index is 5.90. The Morgan fingerprint density at radius 2 is 2.13 bits per heavy atom. The molecule has 1 fully saturated rings.